The minimum absolute atomic E-state index is 0.0938. The van der Waals surface area contributed by atoms with Gasteiger partial charge in [-0.25, -0.2) is 9.59 Å². The number of halogens is 3. The Labute approximate surface area is 224 Å². The van der Waals surface area contributed by atoms with Crippen LogP contribution in [0.4, 0.5) is 18.0 Å². The molecule has 39 heavy (non-hydrogen) atoms. The Morgan fingerprint density at radius 1 is 0.897 bits per heavy atom. The van der Waals surface area contributed by atoms with Crippen molar-refractivity contribution in [1.29, 1.82) is 0 Å². The molecule has 0 saturated carbocycles. The van der Waals surface area contributed by atoms with Gasteiger partial charge in [-0.15, -0.1) is 0 Å². The smallest absolute Gasteiger partial charge is 0.416 e. The third-order valence-electron chi connectivity index (χ3n) is 6.45. The molecule has 0 bridgehead atoms. The Morgan fingerprint density at radius 2 is 1.54 bits per heavy atom. The summed E-state index contributed by atoms with van der Waals surface area (Å²) < 4.78 is 56.1. The Hall–Kier alpha value is -4.27. The highest BCUT2D eigenvalue weighted by Crippen LogP contribution is 2.34. The molecule has 0 aliphatic carbocycles. The Balaban J connectivity index is 1.50. The number of esters is 1. The van der Waals surface area contributed by atoms with Gasteiger partial charge in [-0.05, 0) is 54.1 Å². The number of carbonyl (C=O) groups excluding carboxylic acids is 2. The average Bonchev–Trinajstić information content (AvgIpc) is 2.93. The molecule has 1 fully saturated rings. The number of para-hydroxylation sites is 1. The number of benzene rings is 3. The molecule has 9 heteroatoms. The van der Waals surface area contributed by atoms with Gasteiger partial charge in [0.2, 0.25) is 0 Å². The average molecular weight is 540 g/mol. The minimum atomic E-state index is -4.42. The summed E-state index contributed by atoms with van der Waals surface area (Å²) in [4.78, 5) is 26.4. The van der Waals surface area contributed by atoms with Crippen LogP contribution in [0.3, 0.4) is 0 Å². The number of rotatable bonds is 8. The van der Waals surface area contributed by atoms with Crippen LogP contribution < -0.4 is 9.47 Å². The topological polar surface area (TPSA) is 65.1 Å². The first kappa shape index (κ1) is 27.8. The summed E-state index contributed by atoms with van der Waals surface area (Å²) in [6.07, 6.45) is -2.27. The normalized spacial score (nSPS) is 14.8. The van der Waals surface area contributed by atoms with Gasteiger partial charge in [0.25, 0.3) is 0 Å². The highest BCUT2D eigenvalue weighted by Gasteiger charge is 2.39. The van der Waals surface area contributed by atoms with E-state index in [1.807, 2.05) is 6.07 Å². The van der Waals surface area contributed by atoms with Gasteiger partial charge in [-0.2, -0.15) is 13.2 Å². The number of hydrogen-bond acceptors (Lipinski definition) is 5. The fraction of sp³-hybridized carbons (Fsp3) is 0.267. The van der Waals surface area contributed by atoms with Gasteiger partial charge in [0.15, 0.2) is 0 Å². The second kappa shape index (κ2) is 12.1. The largest absolute Gasteiger partial charge is 0.487 e. The molecule has 4 rings (SSSR count). The fourth-order valence-electron chi connectivity index (χ4n) is 4.38. The minimum Gasteiger partial charge on any atom is -0.487 e. The zero-order chi connectivity index (χ0) is 27.9. The molecule has 0 N–H and O–H groups in total. The van der Waals surface area contributed by atoms with Crippen molar-refractivity contribution in [2.75, 3.05) is 19.7 Å². The first-order valence-electron chi connectivity index (χ1n) is 12.4. The lowest BCUT2D eigenvalue weighted by molar-refractivity contribution is -0.137. The molecule has 0 unspecified atom stereocenters. The van der Waals surface area contributed by atoms with Crippen molar-refractivity contribution in [3.63, 3.8) is 0 Å². The zero-order valence-corrected chi connectivity index (χ0v) is 21.2. The van der Waals surface area contributed by atoms with Crippen molar-refractivity contribution < 1.29 is 37.0 Å². The number of piperidine rings is 1. The van der Waals surface area contributed by atoms with Gasteiger partial charge in [0.1, 0.15) is 23.7 Å². The molecule has 3 aromatic carbocycles. The van der Waals surface area contributed by atoms with E-state index < -0.39 is 29.4 Å². The quantitative estimate of drug-likeness (QED) is 0.235. The van der Waals surface area contributed by atoms with Gasteiger partial charge in [0.05, 0.1) is 11.1 Å². The Kier molecular flexibility index (Phi) is 8.59. The van der Waals surface area contributed by atoms with E-state index in [-0.39, 0.29) is 6.61 Å². The molecule has 0 radical (unpaired) electrons. The lowest BCUT2D eigenvalue weighted by atomic mass is 9.84. The summed E-state index contributed by atoms with van der Waals surface area (Å²) in [5, 5.41) is 0. The van der Waals surface area contributed by atoms with Crippen molar-refractivity contribution in [3.05, 3.63) is 108 Å². The number of hydrogen-bond donors (Lipinski definition) is 0. The monoisotopic (exact) mass is 539 g/mol. The molecule has 1 aliphatic rings. The van der Waals surface area contributed by atoms with Gasteiger partial charge in [-0.3, -0.25) is 0 Å². The maximum absolute atomic E-state index is 13.1. The Bertz CT molecular complexity index is 1270. The second-order valence-electron chi connectivity index (χ2n) is 9.24. The van der Waals surface area contributed by atoms with E-state index in [0.29, 0.717) is 55.0 Å². The fourth-order valence-corrected chi connectivity index (χ4v) is 4.38. The van der Waals surface area contributed by atoms with Crippen molar-refractivity contribution >= 4 is 12.1 Å². The van der Waals surface area contributed by atoms with Crippen molar-refractivity contribution in [1.82, 2.24) is 4.90 Å². The molecule has 204 valence electrons. The number of ether oxygens (including phenoxy) is 3. The van der Waals surface area contributed by atoms with E-state index in [0.717, 1.165) is 12.1 Å². The molecular weight excluding hydrogens is 511 g/mol. The summed E-state index contributed by atoms with van der Waals surface area (Å²) >= 11 is 0. The lowest BCUT2D eigenvalue weighted by Gasteiger charge is -2.41. The standard InChI is InChI=1S/C30H28F3NO5/c1-2-20-37-27(35)23-10-14-26(15-11-23)39-29(21-22-8-12-24(13-9-22)30(31,32)33)16-18-34(19-17-29)28(36)38-25-6-4-3-5-7-25/h2-15H,1,16-21H2. The first-order valence-corrected chi connectivity index (χ1v) is 12.4. The van der Waals surface area contributed by atoms with Crippen LogP contribution in [0.1, 0.15) is 34.3 Å². The van der Waals surface area contributed by atoms with Crippen LogP contribution in [-0.2, 0) is 17.3 Å². The SMILES string of the molecule is C=CCOC(=O)c1ccc(OC2(Cc3ccc(C(F)(F)F)cc3)CCN(C(=O)Oc3ccccc3)CC2)cc1. The summed E-state index contributed by atoms with van der Waals surface area (Å²) in [6, 6.07) is 20.2. The van der Waals surface area contributed by atoms with Gasteiger partial charge < -0.3 is 19.1 Å². The van der Waals surface area contributed by atoms with Crippen LogP contribution in [0.2, 0.25) is 0 Å². The number of alkyl halides is 3. The molecule has 1 aliphatic heterocycles. The summed E-state index contributed by atoms with van der Waals surface area (Å²) in [7, 11) is 0. The van der Waals surface area contributed by atoms with Crippen molar-refractivity contribution in [2.24, 2.45) is 0 Å². The number of nitrogens with zero attached hydrogens (tertiary/aromatic N) is 1. The predicted molar refractivity (Wildman–Crippen MR) is 139 cm³/mol. The van der Waals surface area contributed by atoms with Gasteiger partial charge >= 0.3 is 18.2 Å². The lowest BCUT2D eigenvalue weighted by Crippen LogP contribution is -2.51. The van der Waals surface area contributed by atoms with E-state index in [2.05, 4.69) is 6.58 Å². The number of amides is 1. The molecule has 1 heterocycles. The van der Waals surface area contributed by atoms with Gasteiger partial charge in [0, 0.05) is 32.4 Å². The van der Waals surface area contributed by atoms with Crippen LogP contribution in [-0.4, -0.2) is 42.3 Å². The molecule has 1 amide bonds. The highest BCUT2D eigenvalue weighted by molar-refractivity contribution is 5.89. The maximum Gasteiger partial charge on any atom is 0.416 e. The molecule has 1 saturated heterocycles. The molecule has 3 aromatic rings. The van der Waals surface area contributed by atoms with E-state index in [1.165, 1.54) is 18.2 Å². The van der Waals surface area contributed by atoms with E-state index in [4.69, 9.17) is 14.2 Å². The van der Waals surface area contributed by atoms with Crippen LogP contribution in [0.5, 0.6) is 11.5 Å². The van der Waals surface area contributed by atoms with Gasteiger partial charge in [-0.1, -0.05) is 43.0 Å². The molecule has 0 spiro atoms. The summed E-state index contributed by atoms with van der Waals surface area (Å²) in [5.74, 6) is 0.431. The van der Waals surface area contributed by atoms with Crippen LogP contribution >= 0.6 is 0 Å². The van der Waals surface area contributed by atoms with E-state index >= 15 is 0 Å². The maximum atomic E-state index is 13.1. The van der Waals surface area contributed by atoms with Crippen molar-refractivity contribution in [3.8, 4) is 11.5 Å². The third-order valence-corrected chi connectivity index (χ3v) is 6.45. The number of carbonyl (C=O) groups is 2. The summed E-state index contributed by atoms with van der Waals surface area (Å²) in [5.41, 5.74) is -0.500. The van der Waals surface area contributed by atoms with Crippen LogP contribution in [0.25, 0.3) is 0 Å². The van der Waals surface area contributed by atoms with Crippen LogP contribution in [0, 0.1) is 0 Å². The van der Waals surface area contributed by atoms with Crippen molar-refractivity contribution in [2.45, 2.75) is 31.0 Å². The Morgan fingerprint density at radius 3 is 2.13 bits per heavy atom. The number of likely N-dealkylation sites (tertiary alicyclic amines) is 1. The van der Waals surface area contributed by atoms with E-state index in [1.54, 1.807) is 53.4 Å². The first-order chi connectivity index (χ1) is 18.7. The third kappa shape index (κ3) is 7.40. The summed E-state index contributed by atoms with van der Waals surface area (Å²) in [6.45, 7) is 4.27. The molecule has 0 aromatic heterocycles. The zero-order valence-electron chi connectivity index (χ0n) is 21.2. The molecule has 6 nitrogen and oxygen atoms in total. The highest BCUT2D eigenvalue weighted by atomic mass is 19.4. The molecule has 0 atom stereocenters. The second-order valence-corrected chi connectivity index (χ2v) is 9.24. The van der Waals surface area contributed by atoms with E-state index in [9.17, 15) is 22.8 Å². The van der Waals surface area contributed by atoms with Crippen LogP contribution in [0.15, 0.2) is 91.5 Å². The predicted octanol–water partition coefficient (Wildman–Crippen LogP) is 6.70. The molecular formula is C30H28F3NO5.